The second-order valence-corrected chi connectivity index (χ2v) is 12.4. The summed E-state index contributed by atoms with van der Waals surface area (Å²) in [6.45, 7) is 5.69. The lowest BCUT2D eigenvalue weighted by Gasteiger charge is -2.12. The smallest absolute Gasteiger partial charge is 0.338 e. The van der Waals surface area contributed by atoms with E-state index in [1.165, 1.54) is 37.7 Å². The molecule has 0 N–H and O–H groups in total. The normalized spacial score (nSPS) is 17.5. The van der Waals surface area contributed by atoms with Crippen molar-refractivity contribution in [2.75, 3.05) is 31.5 Å². The van der Waals surface area contributed by atoms with Crippen molar-refractivity contribution in [1.82, 2.24) is 0 Å². The Morgan fingerprint density at radius 3 is 2.57 bits per heavy atom. The molecular formula is C29H40O6S2. The van der Waals surface area contributed by atoms with Gasteiger partial charge in [-0.1, -0.05) is 70.2 Å². The summed E-state index contributed by atoms with van der Waals surface area (Å²) in [6, 6.07) is 15.0. The predicted octanol–water partition coefficient (Wildman–Crippen LogP) is 6.39. The van der Waals surface area contributed by atoms with Crippen molar-refractivity contribution in [2.24, 2.45) is 0 Å². The summed E-state index contributed by atoms with van der Waals surface area (Å²) in [6.07, 6.45) is 8.32. The number of unbranched alkanes of at least 4 members (excludes halogenated alkanes) is 5. The highest BCUT2D eigenvalue weighted by atomic mass is 32.2. The minimum atomic E-state index is -0.743. The van der Waals surface area contributed by atoms with E-state index in [4.69, 9.17) is 18.9 Å². The quantitative estimate of drug-likeness (QED) is 0.212. The number of benzene rings is 2. The van der Waals surface area contributed by atoms with Crippen LogP contribution in [-0.2, 0) is 26.7 Å². The molecule has 37 heavy (non-hydrogen) atoms. The summed E-state index contributed by atoms with van der Waals surface area (Å²) < 4.78 is 33.5. The number of rotatable bonds is 13. The van der Waals surface area contributed by atoms with Crippen molar-refractivity contribution in [3.05, 3.63) is 59.7 Å². The molecule has 0 amide bonds. The van der Waals surface area contributed by atoms with E-state index in [9.17, 15) is 9.00 Å². The van der Waals surface area contributed by atoms with Crippen molar-refractivity contribution >= 4 is 28.5 Å². The molecule has 0 aromatic heterocycles. The average molecular weight is 549 g/mol. The molecule has 1 fully saturated rings. The number of esters is 1. The van der Waals surface area contributed by atoms with Gasteiger partial charge in [0.1, 0.15) is 12.0 Å². The summed E-state index contributed by atoms with van der Waals surface area (Å²) in [5.74, 6) is 3.15. The standard InChI is InChI=1S/C18H28O3S.C11H12O3S/c1-3-4-5-6-7-8-11-22(19)15(2)12-16-9-10-17-18(13-16)21-14-20-17;12-11(9-4-2-1-3-5-9)14-8-10-13-6-7-15-10/h9-10,13,15H,3-8,11-12,14H2,1-2H3;1-5,10H,6-8H2. The van der Waals surface area contributed by atoms with Gasteiger partial charge in [0.05, 0.1) is 12.2 Å². The van der Waals surface area contributed by atoms with Crippen molar-refractivity contribution in [3.8, 4) is 11.5 Å². The SMILES string of the molecule is CCCCCCCCS(=O)C(C)Cc1ccc2c(c1)OCO2.O=C(OCC1OCCS1)c1ccccc1. The van der Waals surface area contributed by atoms with Crippen LogP contribution in [0, 0.1) is 0 Å². The summed E-state index contributed by atoms with van der Waals surface area (Å²) in [4.78, 5) is 11.5. The van der Waals surface area contributed by atoms with Crippen LogP contribution in [0.2, 0.25) is 0 Å². The average Bonchev–Trinajstić information content (AvgIpc) is 3.62. The highest BCUT2D eigenvalue weighted by molar-refractivity contribution is 8.00. The van der Waals surface area contributed by atoms with E-state index < -0.39 is 10.8 Å². The maximum atomic E-state index is 12.3. The zero-order valence-corrected chi connectivity index (χ0v) is 23.7. The van der Waals surface area contributed by atoms with Crippen LogP contribution >= 0.6 is 11.8 Å². The van der Waals surface area contributed by atoms with Crippen LogP contribution in [0.5, 0.6) is 11.5 Å². The number of hydrogen-bond donors (Lipinski definition) is 0. The van der Waals surface area contributed by atoms with E-state index in [0.717, 1.165) is 42.5 Å². The molecule has 3 atom stereocenters. The van der Waals surface area contributed by atoms with Gasteiger partial charge in [-0.05, 0) is 42.7 Å². The Bertz CT molecular complexity index is 962. The molecule has 2 aromatic carbocycles. The first-order valence-electron chi connectivity index (χ1n) is 13.3. The largest absolute Gasteiger partial charge is 0.458 e. The van der Waals surface area contributed by atoms with E-state index in [0.29, 0.717) is 19.0 Å². The molecule has 2 aliphatic heterocycles. The number of carbonyl (C=O) groups is 1. The van der Waals surface area contributed by atoms with Gasteiger partial charge in [0.25, 0.3) is 0 Å². The highest BCUT2D eigenvalue weighted by Gasteiger charge is 2.19. The third kappa shape index (κ3) is 10.7. The molecule has 8 heteroatoms. The fraction of sp³-hybridized carbons (Fsp3) is 0.552. The lowest BCUT2D eigenvalue weighted by molar-refractivity contribution is 0.0297. The second-order valence-electron chi connectivity index (χ2n) is 9.19. The zero-order valence-electron chi connectivity index (χ0n) is 22.0. The van der Waals surface area contributed by atoms with Gasteiger partial charge in [-0.3, -0.25) is 4.21 Å². The summed E-state index contributed by atoms with van der Waals surface area (Å²) in [5.41, 5.74) is 1.77. The van der Waals surface area contributed by atoms with Crippen LogP contribution in [-0.4, -0.2) is 52.4 Å². The lowest BCUT2D eigenvalue weighted by Crippen LogP contribution is -2.16. The summed E-state index contributed by atoms with van der Waals surface area (Å²) in [5, 5.41) is 0.191. The Labute approximate surface area is 228 Å². The van der Waals surface area contributed by atoms with Gasteiger partial charge < -0.3 is 18.9 Å². The molecule has 0 bridgehead atoms. The Morgan fingerprint density at radius 2 is 1.81 bits per heavy atom. The molecule has 2 heterocycles. The molecular weight excluding hydrogens is 508 g/mol. The van der Waals surface area contributed by atoms with Crippen molar-refractivity contribution in [2.45, 2.75) is 69.5 Å². The van der Waals surface area contributed by atoms with Crippen LogP contribution in [0.1, 0.15) is 68.3 Å². The molecule has 2 aliphatic rings. The maximum Gasteiger partial charge on any atom is 0.338 e. The number of ether oxygens (including phenoxy) is 4. The molecule has 0 aliphatic carbocycles. The Morgan fingerprint density at radius 1 is 1.05 bits per heavy atom. The first kappa shape index (κ1) is 29.5. The van der Waals surface area contributed by atoms with E-state index in [1.54, 1.807) is 23.9 Å². The van der Waals surface area contributed by atoms with E-state index in [-0.39, 0.29) is 16.7 Å². The number of carbonyl (C=O) groups excluding carboxylic acids is 1. The van der Waals surface area contributed by atoms with Crippen LogP contribution in [0.4, 0.5) is 0 Å². The van der Waals surface area contributed by atoms with Gasteiger partial charge >= 0.3 is 5.97 Å². The topological polar surface area (TPSA) is 71.1 Å². The summed E-state index contributed by atoms with van der Waals surface area (Å²) in [7, 11) is -0.743. The Kier molecular flexibility index (Phi) is 13.4. The Balaban J connectivity index is 0.000000220. The lowest BCUT2D eigenvalue weighted by atomic mass is 10.1. The fourth-order valence-corrected chi connectivity index (χ4v) is 6.10. The molecule has 3 unspecified atom stereocenters. The van der Waals surface area contributed by atoms with Gasteiger partial charge in [0.15, 0.2) is 11.5 Å². The minimum absolute atomic E-state index is 0.0117. The van der Waals surface area contributed by atoms with Crippen LogP contribution in [0.15, 0.2) is 48.5 Å². The first-order valence-corrected chi connectivity index (χ1v) is 15.7. The van der Waals surface area contributed by atoms with Crippen LogP contribution in [0.25, 0.3) is 0 Å². The van der Waals surface area contributed by atoms with Crippen molar-refractivity contribution in [1.29, 1.82) is 0 Å². The second kappa shape index (κ2) is 16.7. The van der Waals surface area contributed by atoms with Gasteiger partial charge in [-0.2, -0.15) is 0 Å². The molecule has 0 radical (unpaired) electrons. The molecule has 0 saturated carbocycles. The first-order chi connectivity index (χ1) is 18.1. The van der Waals surface area contributed by atoms with Crippen LogP contribution in [0.3, 0.4) is 0 Å². The minimum Gasteiger partial charge on any atom is -0.458 e. The van der Waals surface area contributed by atoms with Crippen molar-refractivity contribution in [3.63, 3.8) is 0 Å². The van der Waals surface area contributed by atoms with Gasteiger partial charge in [0.2, 0.25) is 6.79 Å². The van der Waals surface area contributed by atoms with Gasteiger partial charge in [-0.25, -0.2) is 4.79 Å². The Hall–Kier alpha value is -2.03. The monoisotopic (exact) mass is 548 g/mol. The van der Waals surface area contributed by atoms with Crippen LogP contribution < -0.4 is 9.47 Å². The molecule has 0 spiro atoms. The van der Waals surface area contributed by atoms with Gasteiger partial charge in [0, 0.05) is 27.6 Å². The maximum absolute atomic E-state index is 12.3. The van der Waals surface area contributed by atoms with Gasteiger partial charge in [-0.15, -0.1) is 11.8 Å². The van der Waals surface area contributed by atoms with E-state index in [1.807, 2.05) is 36.4 Å². The number of hydrogen-bond acceptors (Lipinski definition) is 7. The zero-order chi connectivity index (χ0) is 26.3. The summed E-state index contributed by atoms with van der Waals surface area (Å²) >= 11 is 1.68. The molecule has 204 valence electrons. The number of thioether (sulfide) groups is 1. The number of fused-ring (bicyclic) bond motifs is 1. The van der Waals surface area contributed by atoms with Crippen molar-refractivity contribution < 1.29 is 28.0 Å². The molecule has 2 aromatic rings. The van der Waals surface area contributed by atoms with E-state index >= 15 is 0 Å². The highest BCUT2D eigenvalue weighted by Crippen LogP contribution is 2.33. The predicted molar refractivity (Wildman–Crippen MR) is 151 cm³/mol. The molecule has 1 saturated heterocycles. The third-order valence-corrected chi connectivity index (χ3v) is 8.96. The third-order valence-electron chi connectivity index (χ3n) is 6.16. The molecule has 4 rings (SSSR count). The molecule has 6 nitrogen and oxygen atoms in total. The van der Waals surface area contributed by atoms with E-state index in [2.05, 4.69) is 13.8 Å². The fourth-order valence-electron chi connectivity index (χ4n) is 4.02.